The number of halogens is 1. The lowest BCUT2D eigenvalue weighted by Gasteiger charge is -2.12. The molecule has 0 bridgehead atoms. The van der Waals surface area contributed by atoms with Gasteiger partial charge in [-0.05, 0) is 36.6 Å². The Morgan fingerprint density at radius 3 is 2.90 bits per heavy atom. The van der Waals surface area contributed by atoms with Crippen molar-refractivity contribution in [1.82, 2.24) is 9.78 Å². The minimum atomic E-state index is -0.937. The molecule has 0 amide bonds. The van der Waals surface area contributed by atoms with Crippen molar-refractivity contribution in [2.45, 2.75) is 39.3 Å². The Balaban J connectivity index is 2.18. The predicted molar refractivity (Wildman–Crippen MR) is 70.9 cm³/mol. The third-order valence-electron chi connectivity index (χ3n) is 3.05. The maximum atomic E-state index is 13.0. The number of hydrogen-bond donors (Lipinski definition) is 1. The average molecular weight is 280 g/mol. The number of hydrogen-bond acceptors (Lipinski definition) is 4. The molecule has 0 saturated heterocycles. The largest absolute Gasteiger partial charge is 0.437 e. The van der Waals surface area contributed by atoms with Crippen molar-refractivity contribution in [2.24, 2.45) is 0 Å². The number of rotatable bonds is 5. The Morgan fingerprint density at radius 2 is 2.25 bits per heavy atom. The Bertz CT molecular complexity index is 648. The topological polar surface area (TPSA) is 68.3 Å². The van der Waals surface area contributed by atoms with Crippen LogP contribution in [0.2, 0.25) is 0 Å². The highest BCUT2D eigenvalue weighted by molar-refractivity contribution is 5.28. The zero-order valence-corrected chi connectivity index (χ0v) is 11.5. The summed E-state index contributed by atoms with van der Waals surface area (Å²) in [5, 5.41) is 14.2. The first-order chi connectivity index (χ1) is 9.51. The van der Waals surface area contributed by atoms with E-state index >= 15 is 0 Å². The molecule has 0 aliphatic carbocycles. The molecule has 0 aliphatic heterocycles. The maximum Gasteiger partial charge on any atom is 0.437 e. The van der Waals surface area contributed by atoms with Crippen LogP contribution < -0.4 is 5.76 Å². The molecule has 1 aromatic heterocycles. The molecule has 1 unspecified atom stereocenters. The lowest BCUT2D eigenvalue weighted by Crippen LogP contribution is -2.20. The molecule has 1 atom stereocenters. The van der Waals surface area contributed by atoms with Crippen molar-refractivity contribution in [3.63, 3.8) is 0 Å². The summed E-state index contributed by atoms with van der Waals surface area (Å²) in [5.41, 5.74) is 1.20. The van der Waals surface area contributed by atoms with Crippen LogP contribution in [0.5, 0.6) is 0 Å². The molecule has 5 nitrogen and oxygen atoms in total. The number of nitrogens with zero attached hydrogens (tertiary/aromatic N) is 2. The van der Waals surface area contributed by atoms with E-state index in [4.69, 9.17) is 4.42 Å². The van der Waals surface area contributed by atoms with Crippen molar-refractivity contribution in [3.05, 3.63) is 51.6 Å². The fourth-order valence-electron chi connectivity index (χ4n) is 2.05. The quantitative estimate of drug-likeness (QED) is 0.909. The molecule has 20 heavy (non-hydrogen) atoms. The number of benzene rings is 1. The van der Waals surface area contributed by atoms with Gasteiger partial charge in [0.1, 0.15) is 5.82 Å². The molecule has 1 heterocycles. The van der Waals surface area contributed by atoms with Crippen LogP contribution in [0.15, 0.2) is 27.4 Å². The van der Waals surface area contributed by atoms with Crippen LogP contribution in [-0.2, 0) is 13.0 Å². The highest BCUT2D eigenvalue weighted by Crippen LogP contribution is 2.19. The van der Waals surface area contributed by atoms with Crippen molar-refractivity contribution >= 4 is 0 Å². The first-order valence-electron chi connectivity index (χ1n) is 6.52. The standard InChI is InChI=1S/C14H17FN2O3/c1-3-4-13-16-17(14(19)20-13)8-12(18)11-6-5-10(15)7-9(11)2/h5-7,12,18H,3-4,8H2,1-2H3. The summed E-state index contributed by atoms with van der Waals surface area (Å²) in [7, 11) is 0. The number of aliphatic hydroxyl groups is 1. The molecular formula is C14H17FN2O3. The van der Waals surface area contributed by atoms with Gasteiger partial charge in [-0.1, -0.05) is 13.0 Å². The van der Waals surface area contributed by atoms with Crippen molar-refractivity contribution in [2.75, 3.05) is 0 Å². The number of aliphatic hydroxyl groups excluding tert-OH is 1. The molecule has 2 aromatic rings. The van der Waals surface area contributed by atoms with E-state index in [0.29, 0.717) is 23.4 Å². The molecule has 2 rings (SSSR count). The molecule has 1 N–H and O–H groups in total. The molecule has 0 aliphatic rings. The van der Waals surface area contributed by atoms with E-state index in [1.165, 1.54) is 18.2 Å². The van der Waals surface area contributed by atoms with Gasteiger partial charge < -0.3 is 9.52 Å². The monoisotopic (exact) mass is 280 g/mol. The average Bonchev–Trinajstić information content (AvgIpc) is 2.70. The summed E-state index contributed by atoms with van der Waals surface area (Å²) in [6.45, 7) is 3.64. The summed E-state index contributed by atoms with van der Waals surface area (Å²) in [6.07, 6.45) is 0.459. The van der Waals surface area contributed by atoms with E-state index in [1.807, 2.05) is 6.92 Å². The number of aromatic nitrogens is 2. The fourth-order valence-corrected chi connectivity index (χ4v) is 2.05. The van der Waals surface area contributed by atoms with Gasteiger partial charge in [0.2, 0.25) is 5.89 Å². The molecule has 108 valence electrons. The van der Waals surface area contributed by atoms with Crippen LogP contribution in [0.4, 0.5) is 4.39 Å². The minimum Gasteiger partial charge on any atom is -0.392 e. The van der Waals surface area contributed by atoms with E-state index < -0.39 is 11.9 Å². The van der Waals surface area contributed by atoms with Crippen LogP contribution in [0.3, 0.4) is 0 Å². The fraction of sp³-hybridized carbons (Fsp3) is 0.429. The zero-order valence-electron chi connectivity index (χ0n) is 11.5. The summed E-state index contributed by atoms with van der Waals surface area (Å²) in [4.78, 5) is 11.6. The highest BCUT2D eigenvalue weighted by Gasteiger charge is 2.15. The third kappa shape index (κ3) is 3.14. The minimum absolute atomic E-state index is 0.0154. The molecule has 0 saturated carbocycles. The van der Waals surface area contributed by atoms with Crippen LogP contribution in [0.25, 0.3) is 0 Å². The Labute approximate surface area is 115 Å². The first-order valence-corrected chi connectivity index (χ1v) is 6.52. The lowest BCUT2D eigenvalue weighted by molar-refractivity contribution is 0.147. The summed E-state index contributed by atoms with van der Waals surface area (Å²) >= 11 is 0. The zero-order chi connectivity index (χ0) is 14.7. The smallest absolute Gasteiger partial charge is 0.392 e. The maximum absolute atomic E-state index is 13.0. The summed E-state index contributed by atoms with van der Waals surface area (Å²) in [6, 6.07) is 4.12. The molecule has 0 fully saturated rings. The normalized spacial score (nSPS) is 12.6. The molecular weight excluding hydrogens is 263 g/mol. The second-order valence-corrected chi connectivity index (χ2v) is 4.71. The van der Waals surface area contributed by atoms with Gasteiger partial charge in [-0.3, -0.25) is 0 Å². The van der Waals surface area contributed by atoms with Crippen molar-refractivity contribution in [3.8, 4) is 0 Å². The SMILES string of the molecule is CCCc1nn(CC(O)c2ccc(F)cc2C)c(=O)o1. The third-order valence-corrected chi connectivity index (χ3v) is 3.05. The van der Waals surface area contributed by atoms with Gasteiger partial charge in [0.05, 0.1) is 12.6 Å². The first kappa shape index (κ1) is 14.5. The van der Waals surface area contributed by atoms with Crippen LogP contribution in [-0.4, -0.2) is 14.9 Å². The predicted octanol–water partition coefficient (Wildman–Crippen LogP) is 1.97. The van der Waals surface area contributed by atoms with Crippen molar-refractivity contribution < 1.29 is 13.9 Å². The van der Waals surface area contributed by atoms with Gasteiger partial charge >= 0.3 is 5.76 Å². The van der Waals surface area contributed by atoms with Gasteiger partial charge in [-0.15, -0.1) is 5.10 Å². The van der Waals surface area contributed by atoms with Gasteiger partial charge in [0.25, 0.3) is 0 Å². The van der Waals surface area contributed by atoms with E-state index in [0.717, 1.165) is 11.1 Å². The molecule has 0 spiro atoms. The van der Waals surface area contributed by atoms with E-state index in [9.17, 15) is 14.3 Å². The van der Waals surface area contributed by atoms with Crippen LogP contribution in [0, 0.1) is 12.7 Å². The molecule has 0 radical (unpaired) electrons. The molecule has 1 aromatic carbocycles. The van der Waals surface area contributed by atoms with E-state index in [1.54, 1.807) is 6.92 Å². The molecule has 6 heteroatoms. The van der Waals surface area contributed by atoms with Gasteiger partial charge in [0, 0.05) is 6.42 Å². The van der Waals surface area contributed by atoms with Gasteiger partial charge in [0.15, 0.2) is 0 Å². The van der Waals surface area contributed by atoms with Crippen molar-refractivity contribution in [1.29, 1.82) is 0 Å². The Morgan fingerprint density at radius 1 is 1.50 bits per heavy atom. The second-order valence-electron chi connectivity index (χ2n) is 4.71. The number of aryl methyl sites for hydroxylation is 2. The Hall–Kier alpha value is -1.95. The lowest BCUT2D eigenvalue weighted by atomic mass is 10.0. The Kier molecular flexibility index (Phi) is 4.34. The van der Waals surface area contributed by atoms with Gasteiger partial charge in [-0.2, -0.15) is 4.68 Å². The van der Waals surface area contributed by atoms with Crippen LogP contribution >= 0.6 is 0 Å². The summed E-state index contributed by atoms with van der Waals surface area (Å²) < 4.78 is 19.1. The van der Waals surface area contributed by atoms with E-state index in [2.05, 4.69) is 5.10 Å². The second kappa shape index (κ2) is 6.00. The summed E-state index contributed by atoms with van der Waals surface area (Å²) in [5.74, 6) is -0.588. The highest BCUT2D eigenvalue weighted by atomic mass is 19.1. The van der Waals surface area contributed by atoms with Crippen LogP contribution in [0.1, 0.15) is 36.5 Å². The van der Waals surface area contributed by atoms with E-state index in [-0.39, 0.29) is 12.4 Å². The van der Waals surface area contributed by atoms with Gasteiger partial charge in [-0.25, -0.2) is 9.18 Å².